The molecular formula is C20H28N2O6S. The van der Waals surface area contributed by atoms with Crippen molar-refractivity contribution >= 4 is 27.6 Å². The lowest BCUT2D eigenvalue weighted by atomic mass is 10.2. The number of nitrogens with one attached hydrogen (secondary N) is 1. The summed E-state index contributed by atoms with van der Waals surface area (Å²) in [6, 6.07) is 4.38. The van der Waals surface area contributed by atoms with Crippen LogP contribution in [0.3, 0.4) is 0 Å². The highest BCUT2D eigenvalue weighted by atomic mass is 32.2. The molecule has 1 saturated heterocycles. The van der Waals surface area contributed by atoms with Crippen LogP contribution in [0, 0.1) is 11.8 Å². The minimum Gasteiger partial charge on any atom is -0.495 e. The molecule has 1 heterocycles. The van der Waals surface area contributed by atoms with E-state index in [0.717, 1.165) is 32.1 Å². The van der Waals surface area contributed by atoms with Gasteiger partial charge >= 0.3 is 5.97 Å². The molecule has 0 aromatic heterocycles. The number of methoxy groups -OCH3 is 1. The number of sulfonamides is 1. The van der Waals surface area contributed by atoms with Crippen molar-refractivity contribution < 1.29 is 27.5 Å². The molecule has 1 aliphatic carbocycles. The number of hydrogen-bond donors (Lipinski definition) is 1. The number of anilines is 1. The number of hydrogen-bond acceptors (Lipinski definition) is 6. The summed E-state index contributed by atoms with van der Waals surface area (Å²) in [6.07, 6.45) is 4.50. The van der Waals surface area contributed by atoms with Gasteiger partial charge in [0.25, 0.3) is 5.91 Å². The standard InChI is InChI=1S/C20H28N2O6S/c1-14-11-16(14)20(24)28-13-19(23)21-17-12-15(7-8-18(17)27-2)29(25,26)22-9-5-3-4-6-10-22/h7-8,12,14,16H,3-6,9-11,13H2,1-2H3,(H,21,23)/t14-,16+/m1/s1. The van der Waals surface area contributed by atoms with Crippen molar-refractivity contribution in [2.75, 3.05) is 32.1 Å². The van der Waals surface area contributed by atoms with Crippen molar-refractivity contribution in [1.29, 1.82) is 0 Å². The highest BCUT2D eigenvalue weighted by Crippen LogP contribution is 2.38. The molecule has 0 unspecified atom stereocenters. The van der Waals surface area contributed by atoms with Crippen LogP contribution in [0.4, 0.5) is 5.69 Å². The van der Waals surface area contributed by atoms with Crippen LogP contribution >= 0.6 is 0 Å². The molecule has 1 aromatic rings. The number of ether oxygens (including phenoxy) is 2. The van der Waals surface area contributed by atoms with E-state index in [1.54, 1.807) is 0 Å². The molecule has 29 heavy (non-hydrogen) atoms. The molecule has 160 valence electrons. The maximum Gasteiger partial charge on any atom is 0.309 e. The summed E-state index contributed by atoms with van der Waals surface area (Å²) in [5, 5.41) is 2.59. The molecule has 0 bridgehead atoms. The van der Waals surface area contributed by atoms with E-state index in [2.05, 4.69) is 5.32 Å². The molecule has 2 aliphatic rings. The third-order valence-electron chi connectivity index (χ3n) is 5.41. The van der Waals surface area contributed by atoms with Gasteiger partial charge in [-0.25, -0.2) is 8.42 Å². The molecule has 8 nitrogen and oxygen atoms in total. The van der Waals surface area contributed by atoms with Crippen LogP contribution in [0.15, 0.2) is 23.1 Å². The number of benzene rings is 1. The molecule has 3 rings (SSSR count). The number of nitrogens with zero attached hydrogens (tertiary/aromatic N) is 1. The first kappa shape index (κ1) is 21.6. The first-order valence-electron chi connectivity index (χ1n) is 9.97. The zero-order valence-corrected chi connectivity index (χ0v) is 17.7. The fourth-order valence-corrected chi connectivity index (χ4v) is 5.00. The molecule has 1 N–H and O–H groups in total. The van der Waals surface area contributed by atoms with Gasteiger partial charge in [0.05, 0.1) is 23.6 Å². The molecule has 9 heteroatoms. The zero-order chi connectivity index (χ0) is 21.0. The Balaban J connectivity index is 1.70. The van der Waals surface area contributed by atoms with Crippen LogP contribution in [0.5, 0.6) is 5.75 Å². The van der Waals surface area contributed by atoms with Crippen LogP contribution in [0.25, 0.3) is 0 Å². The molecule has 0 spiro atoms. The summed E-state index contributed by atoms with van der Waals surface area (Å²) in [5.74, 6) is -0.423. The minimum absolute atomic E-state index is 0.0966. The smallest absolute Gasteiger partial charge is 0.309 e. The van der Waals surface area contributed by atoms with E-state index < -0.39 is 22.5 Å². The van der Waals surface area contributed by atoms with Crippen molar-refractivity contribution in [2.45, 2.75) is 43.9 Å². The topological polar surface area (TPSA) is 102 Å². The molecule has 0 radical (unpaired) electrons. The maximum atomic E-state index is 13.0. The molecule has 2 atom stereocenters. The molecule has 1 aromatic carbocycles. The van der Waals surface area contributed by atoms with Crippen molar-refractivity contribution in [2.24, 2.45) is 11.8 Å². The Hall–Kier alpha value is -2.13. The summed E-state index contributed by atoms with van der Waals surface area (Å²) in [7, 11) is -2.23. The summed E-state index contributed by atoms with van der Waals surface area (Å²) in [4.78, 5) is 24.1. The average Bonchev–Trinajstić information content (AvgIpc) is 3.48. The quantitative estimate of drug-likeness (QED) is 0.675. The van der Waals surface area contributed by atoms with Crippen molar-refractivity contribution in [3.05, 3.63) is 18.2 Å². The van der Waals surface area contributed by atoms with Gasteiger partial charge in [-0.2, -0.15) is 4.31 Å². The number of carbonyl (C=O) groups is 2. The Kier molecular flexibility index (Phi) is 6.79. The van der Waals surface area contributed by atoms with Crippen LogP contribution in [-0.4, -0.2) is 51.4 Å². The lowest BCUT2D eigenvalue weighted by Crippen LogP contribution is -2.32. The van der Waals surface area contributed by atoms with E-state index in [4.69, 9.17) is 9.47 Å². The minimum atomic E-state index is -3.66. The van der Waals surface area contributed by atoms with Gasteiger partial charge in [-0.3, -0.25) is 9.59 Å². The predicted molar refractivity (Wildman–Crippen MR) is 107 cm³/mol. The third kappa shape index (κ3) is 5.27. The second-order valence-corrected chi connectivity index (χ2v) is 9.59. The van der Waals surface area contributed by atoms with Crippen molar-refractivity contribution in [1.82, 2.24) is 4.31 Å². The number of rotatable bonds is 7. The van der Waals surface area contributed by atoms with E-state index in [1.807, 2.05) is 6.92 Å². The molecule has 1 saturated carbocycles. The highest BCUT2D eigenvalue weighted by molar-refractivity contribution is 7.89. The molecule has 2 fully saturated rings. The average molecular weight is 425 g/mol. The summed E-state index contributed by atoms with van der Waals surface area (Å²) in [5.41, 5.74) is 0.226. The van der Waals surface area contributed by atoms with E-state index in [1.165, 1.54) is 29.6 Å². The van der Waals surface area contributed by atoms with E-state index in [9.17, 15) is 18.0 Å². The normalized spacial score (nSPS) is 22.4. The fourth-order valence-electron chi connectivity index (χ4n) is 3.46. The fraction of sp³-hybridized carbons (Fsp3) is 0.600. The van der Waals surface area contributed by atoms with Crippen molar-refractivity contribution in [3.63, 3.8) is 0 Å². The molecule has 1 amide bonds. The summed E-state index contributed by atoms with van der Waals surface area (Å²) in [6.45, 7) is 2.51. The number of carbonyl (C=O) groups excluding carboxylic acids is 2. The Morgan fingerprint density at radius 2 is 1.83 bits per heavy atom. The van der Waals surface area contributed by atoms with Crippen molar-refractivity contribution in [3.8, 4) is 5.75 Å². The van der Waals surface area contributed by atoms with Gasteiger partial charge in [0.2, 0.25) is 10.0 Å². The summed E-state index contributed by atoms with van der Waals surface area (Å²) < 4.78 is 37.8. The Morgan fingerprint density at radius 1 is 1.17 bits per heavy atom. The lowest BCUT2D eigenvalue weighted by molar-refractivity contribution is -0.148. The second kappa shape index (κ2) is 9.13. The Labute approximate surface area is 171 Å². The lowest BCUT2D eigenvalue weighted by Gasteiger charge is -2.21. The van der Waals surface area contributed by atoms with Gasteiger partial charge < -0.3 is 14.8 Å². The largest absolute Gasteiger partial charge is 0.495 e. The first-order chi connectivity index (χ1) is 13.8. The second-order valence-electron chi connectivity index (χ2n) is 7.66. The van der Waals surface area contributed by atoms with E-state index in [-0.39, 0.29) is 22.5 Å². The number of esters is 1. The summed E-state index contributed by atoms with van der Waals surface area (Å²) >= 11 is 0. The SMILES string of the molecule is COc1ccc(S(=O)(=O)N2CCCCCC2)cc1NC(=O)COC(=O)[C@H]1C[C@H]1C. The first-order valence-corrected chi connectivity index (χ1v) is 11.4. The van der Waals surface area contributed by atoms with E-state index >= 15 is 0 Å². The third-order valence-corrected chi connectivity index (χ3v) is 7.30. The predicted octanol–water partition coefficient (Wildman–Crippen LogP) is 2.40. The van der Waals surface area contributed by atoms with Crippen LogP contribution < -0.4 is 10.1 Å². The Morgan fingerprint density at radius 3 is 2.41 bits per heavy atom. The zero-order valence-electron chi connectivity index (χ0n) is 16.8. The molecule has 1 aliphatic heterocycles. The van der Waals surface area contributed by atoms with Gasteiger partial charge in [-0.05, 0) is 43.4 Å². The van der Waals surface area contributed by atoms with Gasteiger partial charge in [0.1, 0.15) is 5.75 Å². The molecular weight excluding hydrogens is 396 g/mol. The maximum absolute atomic E-state index is 13.0. The van der Waals surface area contributed by atoms with Crippen LogP contribution in [-0.2, 0) is 24.3 Å². The Bertz CT molecular complexity index is 862. The van der Waals surface area contributed by atoms with Gasteiger partial charge in [0.15, 0.2) is 6.61 Å². The van der Waals surface area contributed by atoms with Crippen LogP contribution in [0.2, 0.25) is 0 Å². The highest BCUT2D eigenvalue weighted by Gasteiger charge is 2.40. The van der Waals surface area contributed by atoms with Gasteiger partial charge in [-0.1, -0.05) is 19.8 Å². The van der Waals surface area contributed by atoms with E-state index in [0.29, 0.717) is 24.8 Å². The van der Waals surface area contributed by atoms with Gasteiger partial charge in [0, 0.05) is 13.1 Å². The van der Waals surface area contributed by atoms with Gasteiger partial charge in [-0.15, -0.1) is 0 Å². The number of amides is 1. The van der Waals surface area contributed by atoms with Crippen LogP contribution in [0.1, 0.15) is 39.0 Å². The monoisotopic (exact) mass is 424 g/mol.